The van der Waals surface area contributed by atoms with Crippen molar-refractivity contribution in [2.45, 2.75) is 6.04 Å². The number of aldehydes is 1. The number of rotatable bonds is 5. The van der Waals surface area contributed by atoms with Gasteiger partial charge in [0.15, 0.2) is 0 Å². The molecule has 1 rings (SSSR count). The maximum atomic E-state index is 10.3. The van der Waals surface area contributed by atoms with Crippen molar-refractivity contribution in [2.24, 2.45) is 5.73 Å². The highest BCUT2D eigenvalue weighted by molar-refractivity contribution is 5.69. The number of hydrogen-bond donors (Lipinski definition) is 3. The summed E-state index contributed by atoms with van der Waals surface area (Å²) in [5.74, 6) is 0. The average molecular weight is 193 g/mol. The highest BCUT2D eigenvalue weighted by Crippen LogP contribution is 2.19. The molecule has 4 N–H and O–H groups in total. The lowest BCUT2D eigenvalue weighted by Crippen LogP contribution is -2.30. The summed E-state index contributed by atoms with van der Waals surface area (Å²) in [7, 11) is 1.85. The summed E-state index contributed by atoms with van der Waals surface area (Å²) in [6, 6.07) is 7.30. The van der Waals surface area contributed by atoms with Crippen LogP contribution in [0.15, 0.2) is 24.3 Å². The Bertz CT molecular complexity index is 301. The molecule has 0 radical (unpaired) electrons. The second kappa shape index (κ2) is 5.24. The maximum Gasteiger partial charge on any atom is 0.138 e. The molecule has 1 atom stereocenters. The summed E-state index contributed by atoms with van der Waals surface area (Å²) >= 11 is 0. The standard InChI is InChI=1S/C10H15N3O/c1-12-9-4-2-3-5-10(9)13-6-8(11)7-14/h2-5,7-8,12-13H,6,11H2,1H3/t8-/m0/s1. The van der Waals surface area contributed by atoms with Crippen LogP contribution in [0.2, 0.25) is 0 Å². The van der Waals surface area contributed by atoms with E-state index in [1.165, 1.54) is 0 Å². The van der Waals surface area contributed by atoms with E-state index >= 15 is 0 Å². The first-order valence-electron chi connectivity index (χ1n) is 4.49. The Morgan fingerprint density at radius 1 is 1.43 bits per heavy atom. The number of benzene rings is 1. The van der Waals surface area contributed by atoms with Crippen LogP contribution in [-0.2, 0) is 4.79 Å². The maximum absolute atomic E-state index is 10.3. The van der Waals surface area contributed by atoms with E-state index in [0.29, 0.717) is 6.54 Å². The highest BCUT2D eigenvalue weighted by Gasteiger charge is 2.01. The van der Waals surface area contributed by atoms with Crippen molar-refractivity contribution >= 4 is 17.7 Å². The molecule has 76 valence electrons. The van der Waals surface area contributed by atoms with Gasteiger partial charge in [0.2, 0.25) is 0 Å². The van der Waals surface area contributed by atoms with Crippen LogP contribution in [0.1, 0.15) is 0 Å². The summed E-state index contributed by atoms with van der Waals surface area (Å²) in [5, 5.41) is 6.14. The Morgan fingerprint density at radius 3 is 2.64 bits per heavy atom. The third-order valence-corrected chi connectivity index (χ3v) is 1.90. The molecule has 1 aromatic rings. The fraction of sp³-hybridized carbons (Fsp3) is 0.300. The molecule has 0 aliphatic heterocycles. The van der Waals surface area contributed by atoms with Crippen molar-refractivity contribution in [3.8, 4) is 0 Å². The van der Waals surface area contributed by atoms with Gasteiger partial charge in [0, 0.05) is 13.6 Å². The number of anilines is 2. The minimum atomic E-state index is -0.458. The molecule has 0 heterocycles. The van der Waals surface area contributed by atoms with Gasteiger partial charge in [0.1, 0.15) is 6.29 Å². The molecule has 14 heavy (non-hydrogen) atoms. The Balaban J connectivity index is 2.61. The van der Waals surface area contributed by atoms with Crippen molar-refractivity contribution in [3.63, 3.8) is 0 Å². The highest BCUT2D eigenvalue weighted by atomic mass is 16.1. The van der Waals surface area contributed by atoms with Crippen LogP contribution in [0.3, 0.4) is 0 Å². The molecule has 0 saturated heterocycles. The van der Waals surface area contributed by atoms with Gasteiger partial charge in [-0.25, -0.2) is 0 Å². The van der Waals surface area contributed by atoms with Crippen LogP contribution in [0.25, 0.3) is 0 Å². The van der Waals surface area contributed by atoms with Crippen molar-refractivity contribution in [3.05, 3.63) is 24.3 Å². The minimum absolute atomic E-state index is 0.447. The fourth-order valence-corrected chi connectivity index (χ4v) is 1.13. The summed E-state index contributed by atoms with van der Waals surface area (Å²) in [5.41, 5.74) is 7.40. The first-order valence-corrected chi connectivity index (χ1v) is 4.49. The Kier molecular flexibility index (Phi) is 3.94. The van der Waals surface area contributed by atoms with Crippen molar-refractivity contribution in [2.75, 3.05) is 24.2 Å². The van der Waals surface area contributed by atoms with Gasteiger partial charge in [-0.05, 0) is 12.1 Å². The van der Waals surface area contributed by atoms with Crippen LogP contribution >= 0.6 is 0 Å². The molecule has 0 bridgehead atoms. The van der Waals surface area contributed by atoms with Crippen LogP contribution in [-0.4, -0.2) is 25.9 Å². The van der Waals surface area contributed by atoms with E-state index in [9.17, 15) is 4.79 Å². The van der Waals surface area contributed by atoms with E-state index < -0.39 is 6.04 Å². The van der Waals surface area contributed by atoms with E-state index in [0.717, 1.165) is 17.7 Å². The number of nitrogens with one attached hydrogen (secondary N) is 2. The fourth-order valence-electron chi connectivity index (χ4n) is 1.13. The summed E-state index contributed by atoms with van der Waals surface area (Å²) in [4.78, 5) is 10.3. The Labute approximate surface area is 83.5 Å². The lowest BCUT2D eigenvalue weighted by atomic mass is 10.2. The van der Waals surface area contributed by atoms with Gasteiger partial charge >= 0.3 is 0 Å². The largest absolute Gasteiger partial charge is 0.386 e. The van der Waals surface area contributed by atoms with Crippen molar-refractivity contribution < 1.29 is 4.79 Å². The molecular formula is C10H15N3O. The van der Waals surface area contributed by atoms with E-state index in [1.54, 1.807) is 0 Å². The SMILES string of the molecule is CNc1ccccc1NC[C@H](N)C=O. The third-order valence-electron chi connectivity index (χ3n) is 1.90. The van der Waals surface area contributed by atoms with Crippen molar-refractivity contribution in [1.82, 2.24) is 0 Å². The van der Waals surface area contributed by atoms with Gasteiger partial charge in [-0.1, -0.05) is 12.1 Å². The molecule has 0 spiro atoms. The molecule has 4 heteroatoms. The minimum Gasteiger partial charge on any atom is -0.386 e. The van der Waals surface area contributed by atoms with E-state index in [4.69, 9.17) is 5.73 Å². The zero-order chi connectivity index (χ0) is 10.4. The molecule has 4 nitrogen and oxygen atoms in total. The van der Waals surface area contributed by atoms with Crippen LogP contribution in [0.5, 0.6) is 0 Å². The van der Waals surface area contributed by atoms with Gasteiger partial charge in [0.25, 0.3) is 0 Å². The second-order valence-corrected chi connectivity index (χ2v) is 2.98. The monoisotopic (exact) mass is 193 g/mol. The molecule has 0 amide bonds. The topological polar surface area (TPSA) is 67.2 Å². The number of hydrogen-bond acceptors (Lipinski definition) is 4. The predicted octanol–water partition coefficient (Wildman–Crippen LogP) is 0.666. The van der Waals surface area contributed by atoms with Gasteiger partial charge in [-0.2, -0.15) is 0 Å². The molecule has 0 aliphatic rings. The van der Waals surface area contributed by atoms with Crippen LogP contribution in [0, 0.1) is 0 Å². The quantitative estimate of drug-likeness (QED) is 0.601. The predicted molar refractivity (Wildman–Crippen MR) is 58.5 cm³/mol. The van der Waals surface area contributed by atoms with Gasteiger partial charge in [-0.15, -0.1) is 0 Å². The normalized spacial score (nSPS) is 11.9. The van der Waals surface area contributed by atoms with Gasteiger partial charge in [0.05, 0.1) is 17.4 Å². The summed E-state index contributed by atoms with van der Waals surface area (Å²) < 4.78 is 0. The Hall–Kier alpha value is -1.55. The summed E-state index contributed by atoms with van der Waals surface area (Å²) in [6.45, 7) is 0.447. The first kappa shape index (κ1) is 10.5. The average Bonchev–Trinajstić information content (AvgIpc) is 2.26. The van der Waals surface area contributed by atoms with Crippen molar-refractivity contribution in [1.29, 1.82) is 0 Å². The molecule has 0 saturated carbocycles. The van der Waals surface area contributed by atoms with Gasteiger partial charge in [-0.3, -0.25) is 0 Å². The van der Waals surface area contributed by atoms with E-state index in [2.05, 4.69) is 10.6 Å². The molecular weight excluding hydrogens is 178 g/mol. The van der Waals surface area contributed by atoms with E-state index in [-0.39, 0.29) is 0 Å². The molecule has 1 aromatic carbocycles. The molecule has 0 unspecified atom stereocenters. The second-order valence-electron chi connectivity index (χ2n) is 2.98. The zero-order valence-electron chi connectivity index (χ0n) is 8.16. The number of nitrogens with two attached hydrogens (primary N) is 1. The van der Waals surface area contributed by atoms with Crippen LogP contribution < -0.4 is 16.4 Å². The molecule has 0 fully saturated rings. The third kappa shape index (κ3) is 2.74. The van der Waals surface area contributed by atoms with Gasteiger partial charge < -0.3 is 21.2 Å². The lowest BCUT2D eigenvalue weighted by molar-refractivity contribution is -0.108. The summed E-state index contributed by atoms with van der Waals surface area (Å²) in [6.07, 6.45) is 0.731. The molecule has 0 aromatic heterocycles. The number of carbonyl (C=O) groups is 1. The van der Waals surface area contributed by atoms with E-state index in [1.807, 2.05) is 31.3 Å². The lowest BCUT2D eigenvalue weighted by Gasteiger charge is -2.12. The Morgan fingerprint density at radius 2 is 2.07 bits per heavy atom. The number of para-hydroxylation sites is 2. The van der Waals surface area contributed by atoms with Crippen LogP contribution in [0.4, 0.5) is 11.4 Å². The molecule has 0 aliphatic carbocycles. The zero-order valence-corrected chi connectivity index (χ0v) is 8.16. The number of carbonyl (C=O) groups excluding carboxylic acids is 1. The smallest absolute Gasteiger partial charge is 0.138 e. The first-order chi connectivity index (χ1) is 6.77.